The third kappa shape index (κ3) is 4.78. The highest BCUT2D eigenvalue weighted by atomic mass is 19.3. The number of ether oxygens (including phenoxy) is 2. The Balaban J connectivity index is 1.47. The topological polar surface area (TPSA) is 129 Å². The van der Waals surface area contributed by atoms with Crippen molar-refractivity contribution in [3.8, 4) is 34.8 Å². The molecule has 0 aliphatic rings. The summed E-state index contributed by atoms with van der Waals surface area (Å²) in [4.78, 5) is 13.6. The Morgan fingerprint density at radius 1 is 1.03 bits per heavy atom. The number of nitrogens with zero attached hydrogens (tertiary/aromatic N) is 9. The third-order valence-corrected chi connectivity index (χ3v) is 5.11. The number of aromatic nitrogens is 8. The first-order valence-corrected chi connectivity index (χ1v) is 10.7. The van der Waals surface area contributed by atoms with E-state index in [-0.39, 0.29) is 17.4 Å². The Labute approximate surface area is 202 Å². The molecule has 5 aromatic rings. The van der Waals surface area contributed by atoms with Crippen LogP contribution in [0.1, 0.15) is 12.5 Å². The summed E-state index contributed by atoms with van der Waals surface area (Å²) in [5.41, 5.74) is 2.59. The summed E-state index contributed by atoms with van der Waals surface area (Å²) in [6, 6.07) is 14.9. The zero-order chi connectivity index (χ0) is 25.1. The van der Waals surface area contributed by atoms with Crippen LogP contribution < -0.4 is 9.47 Å². The van der Waals surface area contributed by atoms with E-state index in [0.717, 1.165) is 0 Å². The summed E-state index contributed by atoms with van der Waals surface area (Å²) in [7, 11) is 0. The fourth-order valence-electron chi connectivity index (χ4n) is 3.59. The second-order valence-electron chi connectivity index (χ2n) is 7.64. The number of hydrogen-bond acceptors (Lipinski definition) is 9. The zero-order valence-electron chi connectivity index (χ0n) is 18.7. The molecular formula is C23H17F2N9O2. The molecule has 5 rings (SSSR count). The summed E-state index contributed by atoms with van der Waals surface area (Å²) >= 11 is 0. The number of halogens is 2. The van der Waals surface area contributed by atoms with Crippen molar-refractivity contribution in [1.29, 1.82) is 5.26 Å². The molecule has 0 saturated heterocycles. The molecule has 4 aromatic heterocycles. The molecule has 13 heteroatoms. The molecule has 0 unspecified atom stereocenters. The smallest absolute Gasteiger partial charge is 0.387 e. The average Bonchev–Trinajstić information content (AvgIpc) is 3.53. The predicted octanol–water partition coefficient (Wildman–Crippen LogP) is 3.41. The lowest BCUT2D eigenvalue weighted by Gasteiger charge is -2.14. The number of pyridine rings is 2. The quantitative estimate of drug-likeness (QED) is 0.322. The number of fused-ring (bicyclic) bond motifs is 1. The molecule has 1 atom stereocenters. The highest BCUT2D eigenvalue weighted by Crippen LogP contribution is 2.27. The van der Waals surface area contributed by atoms with Crippen molar-refractivity contribution in [2.45, 2.75) is 26.2 Å². The molecule has 0 saturated carbocycles. The third-order valence-electron chi connectivity index (χ3n) is 5.11. The van der Waals surface area contributed by atoms with Crippen molar-refractivity contribution in [3.63, 3.8) is 0 Å². The molecule has 0 aliphatic carbocycles. The van der Waals surface area contributed by atoms with Gasteiger partial charge in [0.2, 0.25) is 5.88 Å². The molecule has 0 bridgehead atoms. The van der Waals surface area contributed by atoms with Crippen LogP contribution in [0.5, 0.6) is 11.6 Å². The van der Waals surface area contributed by atoms with E-state index in [2.05, 4.69) is 41.3 Å². The van der Waals surface area contributed by atoms with E-state index in [9.17, 15) is 14.0 Å². The van der Waals surface area contributed by atoms with Gasteiger partial charge in [-0.25, -0.2) is 19.6 Å². The molecular weight excluding hydrogens is 472 g/mol. The minimum Gasteiger partial charge on any atom is -0.473 e. The van der Waals surface area contributed by atoms with E-state index < -0.39 is 6.61 Å². The highest BCUT2D eigenvalue weighted by Gasteiger charge is 2.15. The van der Waals surface area contributed by atoms with Crippen LogP contribution in [0.25, 0.3) is 28.2 Å². The van der Waals surface area contributed by atoms with Gasteiger partial charge < -0.3 is 9.47 Å². The SMILES string of the molecule is C[C@@H](Cn1cnnn1)Oc1cccc(-c2ccc3ncn(-c4cc(OC(F)F)ccc4C#N)c3n2)n1. The maximum Gasteiger partial charge on any atom is 0.387 e. The molecule has 36 heavy (non-hydrogen) atoms. The van der Waals surface area contributed by atoms with Crippen molar-refractivity contribution in [1.82, 2.24) is 39.7 Å². The molecule has 4 heterocycles. The summed E-state index contributed by atoms with van der Waals surface area (Å²) < 4.78 is 39.0. The van der Waals surface area contributed by atoms with E-state index >= 15 is 0 Å². The summed E-state index contributed by atoms with van der Waals surface area (Å²) in [6.07, 6.45) is 2.72. The number of rotatable bonds is 8. The monoisotopic (exact) mass is 489 g/mol. The van der Waals surface area contributed by atoms with Gasteiger partial charge in [0.15, 0.2) is 5.65 Å². The number of imidazole rings is 1. The summed E-state index contributed by atoms with van der Waals surface area (Å²) in [5, 5.41) is 20.6. The molecule has 11 nitrogen and oxygen atoms in total. The van der Waals surface area contributed by atoms with Gasteiger partial charge in [-0.05, 0) is 47.7 Å². The highest BCUT2D eigenvalue weighted by molar-refractivity contribution is 5.77. The minimum atomic E-state index is -2.99. The Bertz CT molecular complexity index is 1550. The van der Waals surface area contributed by atoms with Gasteiger partial charge in [0.25, 0.3) is 0 Å². The van der Waals surface area contributed by atoms with Gasteiger partial charge in [0.05, 0.1) is 29.2 Å². The van der Waals surface area contributed by atoms with E-state index in [1.807, 2.05) is 6.92 Å². The first kappa shape index (κ1) is 22.8. The lowest BCUT2D eigenvalue weighted by atomic mass is 10.2. The second kappa shape index (κ2) is 9.71. The largest absolute Gasteiger partial charge is 0.473 e. The van der Waals surface area contributed by atoms with Crippen LogP contribution >= 0.6 is 0 Å². The number of tetrazole rings is 1. The number of nitriles is 1. The van der Waals surface area contributed by atoms with E-state index in [1.165, 1.54) is 30.9 Å². The summed E-state index contributed by atoms with van der Waals surface area (Å²) in [6.45, 7) is -0.679. The van der Waals surface area contributed by atoms with E-state index in [4.69, 9.17) is 4.74 Å². The van der Waals surface area contributed by atoms with Crippen molar-refractivity contribution in [2.24, 2.45) is 0 Å². The van der Waals surface area contributed by atoms with Crippen LogP contribution in [-0.2, 0) is 6.54 Å². The van der Waals surface area contributed by atoms with Gasteiger partial charge in [0, 0.05) is 12.1 Å². The number of alkyl halides is 2. The Hall–Kier alpha value is -4.99. The lowest BCUT2D eigenvalue weighted by Crippen LogP contribution is -2.20. The maximum absolute atomic E-state index is 12.7. The normalized spacial score (nSPS) is 12.0. The minimum absolute atomic E-state index is 0.0840. The Morgan fingerprint density at radius 3 is 2.67 bits per heavy atom. The average molecular weight is 489 g/mol. The van der Waals surface area contributed by atoms with Crippen molar-refractivity contribution >= 4 is 11.2 Å². The maximum atomic E-state index is 12.7. The van der Waals surface area contributed by atoms with Gasteiger partial charge in [0.1, 0.15) is 36.1 Å². The standard InChI is InChI=1S/C23H17F2N9O2/c1-14(11-33-13-28-31-32-33)35-21-4-2-3-17(29-21)18-7-8-19-22(30-18)34(12-27-19)20-9-16(36-23(24)25)6-5-15(20)10-26/h2-9,12-14,23H,11H2,1H3/t14-/m0/s1. The number of benzene rings is 1. The van der Waals surface area contributed by atoms with Gasteiger partial charge in [-0.3, -0.25) is 4.57 Å². The van der Waals surface area contributed by atoms with Crippen LogP contribution in [0.4, 0.5) is 8.78 Å². The second-order valence-corrected chi connectivity index (χ2v) is 7.64. The molecule has 0 amide bonds. The van der Waals surface area contributed by atoms with Gasteiger partial charge in [-0.15, -0.1) is 5.10 Å². The van der Waals surface area contributed by atoms with Crippen LogP contribution in [0.2, 0.25) is 0 Å². The van der Waals surface area contributed by atoms with Crippen LogP contribution in [0.3, 0.4) is 0 Å². The fraction of sp³-hybridized carbons (Fsp3) is 0.174. The predicted molar refractivity (Wildman–Crippen MR) is 121 cm³/mol. The van der Waals surface area contributed by atoms with E-state index in [1.54, 1.807) is 39.6 Å². The van der Waals surface area contributed by atoms with Crippen LogP contribution in [0.15, 0.2) is 61.2 Å². The number of hydrogen-bond donors (Lipinski definition) is 0. The van der Waals surface area contributed by atoms with Crippen molar-refractivity contribution < 1.29 is 18.3 Å². The first-order valence-electron chi connectivity index (χ1n) is 10.7. The molecule has 180 valence electrons. The van der Waals surface area contributed by atoms with Crippen molar-refractivity contribution in [3.05, 3.63) is 66.7 Å². The van der Waals surface area contributed by atoms with Gasteiger partial charge in [-0.2, -0.15) is 14.0 Å². The molecule has 0 radical (unpaired) electrons. The van der Waals surface area contributed by atoms with Crippen molar-refractivity contribution in [2.75, 3.05) is 0 Å². The Morgan fingerprint density at radius 2 is 1.89 bits per heavy atom. The zero-order valence-corrected chi connectivity index (χ0v) is 18.7. The van der Waals surface area contributed by atoms with Crippen LogP contribution in [-0.4, -0.2) is 52.4 Å². The fourth-order valence-corrected chi connectivity index (χ4v) is 3.59. The lowest BCUT2D eigenvalue weighted by molar-refractivity contribution is -0.0498. The van der Waals surface area contributed by atoms with E-state index in [0.29, 0.717) is 40.7 Å². The molecule has 0 spiro atoms. The van der Waals surface area contributed by atoms with Gasteiger partial charge in [-0.1, -0.05) is 6.07 Å². The van der Waals surface area contributed by atoms with Crippen LogP contribution in [0, 0.1) is 11.3 Å². The molecule has 0 aliphatic heterocycles. The van der Waals surface area contributed by atoms with Gasteiger partial charge >= 0.3 is 6.61 Å². The Kier molecular flexibility index (Phi) is 6.14. The molecule has 0 N–H and O–H groups in total. The molecule has 1 aromatic carbocycles. The molecule has 0 fully saturated rings. The first-order chi connectivity index (χ1) is 17.5. The summed E-state index contributed by atoms with van der Waals surface area (Å²) in [5.74, 6) is 0.311.